The summed E-state index contributed by atoms with van der Waals surface area (Å²) in [6.45, 7) is 3.05. The second-order valence-electron chi connectivity index (χ2n) is 5.54. The van der Waals surface area contributed by atoms with Crippen LogP contribution >= 0.6 is 0 Å². The predicted molar refractivity (Wildman–Crippen MR) is 82.2 cm³/mol. The van der Waals surface area contributed by atoms with Gasteiger partial charge in [-0.15, -0.1) is 0 Å². The Bertz CT molecular complexity index is 503. The van der Waals surface area contributed by atoms with E-state index < -0.39 is 0 Å². The van der Waals surface area contributed by atoms with E-state index >= 15 is 0 Å². The lowest BCUT2D eigenvalue weighted by Crippen LogP contribution is -2.49. The Balaban J connectivity index is 2.03. The standard InChI is InChI=1S/C17H23NO4/c1-13-11-22-12-15(14-7-4-3-5-8-14)18(13)16(19)9-6-10-17(20)21-2/h3-5,7-8,13,15H,6,9-12H2,1-2H3/t13-,15-/m0/s1. The second-order valence-corrected chi connectivity index (χ2v) is 5.54. The lowest BCUT2D eigenvalue weighted by Gasteiger charge is -2.41. The molecular formula is C17H23NO4. The third-order valence-corrected chi connectivity index (χ3v) is 3.92. The van der Waals surface area contributed by atoms with Gasteiger partial charge in [0.05, 0.1) is 32.4 Å². The van der Waals surface area contributed by atoms with Crippen molar-refractivity contribution in [3.63, 3.8) is 0 Å². The van der Waals surface area contributed by atoms with E-state index in [0.717, 1.165) is 5.56 Å². The molecule has 0 aliphatic carbocycles. The summed E-state index contributed by atoms with van der Waals surface area (Å²) in [7, 11) is 1.36. The van der Waals surface area contributed by atoms with Gasteiger partial charge in [0, 0.05) is 12.8 Å². The van der Waals surface area contributed by atoms with Gasteiger partial charge in [-0.2, -0.15) is 0 Å². The van der Waals surface area contributed by atoms with Crippen molar-refractivity contribution in [2.75, 3.05) is 20.3 Å². The van der Waals surface area contributed by atoms with Crippen molar-refractivity contribution in [3.05, 3.63) is 35.9 Å². The molecule has 0 radical (unpaired) electrons. The minimum atomic E-state index is -0.276. The minimum absolute atomic E-state index is 0.0320. The maximum atomic E-state index is 12.6. The molecule has 1 heterocycles. The van der Waals surface area contributed by atoms with Crippen molar-refractivity contribution in [2.24, 2.45) is 0 Å². The van der Waals surface area contributed by atoms with Crippen molar-refractivity contribution >= 4 is 11.9 Å². The number of hydrogen-bond acceptors (Lipinski definition) is 4. The number of benzene rings is 1. The summed E-state index contributed by atoms with van der Waals surface area (Å²) in [5.41, 5.74) is 1.08. The summed E-state index contributed by atoms with van der Waals surface area (Å²) >= 11 is 0. The number of ether oxygens (including phenoxy) is 2. The fourth-order valence-corrected chi connectivity index (χ4v) is 2.78. The first-order chi connectivity index (χ1) is 10.6. The van der Waals surface area contributed by atoms with Crippen LogP contribution in [0.3, 0.4) is 0 Å². The number of methoxy groups -OCH3 is 1. The van der Waals surface area contributed by atoms with Crippen LogP contribution in [0.1, 0.15) is 37.8 Å². The number of hydrogen-bond donors (Lipinski definition) is 0. The summed E-state index contributed by atoms with van der Waals surface area (Å²) < 4.78 is 10.2. The number of esters is 1. The van der Waals surface area contributed by atoms with Gasteiger partial charge < -0.3 is 14.4 Å². The molecule has 1 saturated heterocycles. The predicted octanol–water partition coefficient (Wildman–Crippen LogP) is 2.32. The maximum absolute atomic E-state index is 12.6. The number of morpholine rings is 1. The number of carbonyl (C=O) groups excluding carboxylic acids is 2. The van der Waals surface area contributed by atoms with Crippen LogP contribution in [0.2, 0.25) is 0 Å². The average molecular weight is 305 g/mol. The van der Waals surface area contributed by atoms with Crippen molar-refractivity contribution in [2.45, 2.75) is 38.3 Å². The summed E-state index contributed by atoms with van der Waals surface area (Å²) in [5.74, 6) is -0.212. The molecule has 1 fully saturated rings. The Labute approximate surface area is 131 Å². The first-order valence-electron chi connectivity index (χ1n) is 7.64. The fourth-order valence-electron chi connectivity index (χ4n) is 2.78. The smallest absolute Gasteiger partial charge is 0.305 e. The van der Waals surface area contributed by atoms with Gasteiger partial charge in [-0.05, 0) is 18.9 Å². The quantitative estimate of drug-likeness (QED) is 0.783. The van der Waals surface area contributed by atoms with E-state index in [1.54, 1.807) is 0 Å². The van der Waals surface area contributed by atoms with Crippen LogP contribution < -0.4 is 0 Å². The Hall–Kier alpha value is -1.88. The summed E-state index contributed by atoms with van der Waals surface area (Å²) in [6.07, 6.45) is 1.14. The number of nitrogens with zero attached hydrogens (tertiary/aromatic N) is 1. The molecule has 0 unspecified atom stereocenters. The van der Waals surface area contributed by atoms with Gasteiger partial charge in [-0.3, -0.25) is 9.59 Å². The Morgan fingerprint density at radius 3 is 2.64 bits per heavy atom. The summed E-state index contributed by atoms with van der Waals surface area (Å²) in [6, 6.07) is 9.89. The second kappa shape index (κ2) is 7.94. The van der Waals surface area contributed by atoms with Crippen LogP contribution in [-0.2, 0) is 19.1 Å². The molecule has 0 saturated carbocycles. The zero-order valence-corrected chi connectivity index (χ0v) is 13.2. The van der Waals surface area contributed by atoms with Crippen molar-refractivity contribution in [1.82, 2.24) is 4.90 Å². The molecule has 120 valence electrons. The monoisotopic (exact) mass is 305 g/mol. The van der Waals surface area contributed by atoms with Crippen molar-refractivity contribution in [3.8, 4) is 0 Å². The molecule has 1 aromatic carbocycles. The van der Waals surface area contributed by atoms with Crippen LogP contribution in [0, 0.1) is 0 Å². The molecule has 22 heavy (non-hydrogen) atoms. The molecule has 0 N–H and O–H groups in total. The third-order valence-electron chi connectivity index (χ3n) is 3.92. The number of carbonyl (C=O) groups is 2. The molecule has 5 nitrogen and oxygen atoms in total. The first kappa shape index (κ1) is 16.5. The summed E-state index contributed by atoms with van der Waals surface area (Å²) in [4.78, 5) is 25.6. The zero-order chi connectivity index (χ0) is 15.9. The topological polar surface area (TPSA) is 55.8 Å². The van der Waals surface area contributed by atoms with Crippen LogP contribution in [-0.4, -0.2) is 43.1 Å². The van der Waals surface area contributed by atoms with Crippen molar-refractivity contribution in [1.29, 1.82) is 0 Å². The molecule has 5 heteroatoms. The van der Waals surface area contributed by atoms with Gasteiger partial charge in [-0.1, -0.05) is 30.3 Å². The van der Waals surface area contributed by atoms with E-state index in [4.69, 9.17) is 4.74 Å². The fraction of sp³-hybridized carbons (Fsp3) is 0.529. The molecule has 2 rings (SSSR count). The SMILES string of the molecule is COC(=O)CCCC(=O)N1[C@@H](C)COC[C@H]1c1ccccc1. The minimum Gasteiger partial charge on any atom is -0.469 e. The highest BCUT2D eigenvalue weighted by Crippen LogP contribution is 2.28. The van der Waals surface area contributed by atoms with Gasteiger partial charge >= 0.3 is 5.97 Å². The molecule has 0 aromatic heterocycles. The summed E-state index contributed by atoms with van der Waals surface area (Å²) in [5, 5.41) is 0. The highest BCUT2D eigenvalue weighted by atomic mass is 16.5. The zero-order valence-electron chi connectivity index (χ0n) is 13.2. The molecule has 0 spiro atoms. The molecule has 1 aliphatic heterocycles. The Morgan fingerprint density at radius 2 is 1.95 bits per heavy atom. The lowest BCUT2D eigenvalue weighted by atomic mass is 10.0. The van der Waals surface area contributed by atoms with Gasteiger partial charge in [0.2, 0.25) is 5.91 Å². The van der Waals surface area contributed by atoms with Crippen LogP contribution in [0.4, 0.5) is 0 Å². The normalized spacial score (nSPS) is 21.5. The average Bonchev–Trinajstić information content (AvgIpc) is 2.55. The molecule has 1 aromatic rings. The molecule has 1 amide bonds. The van der Waals surface area contributed by atoms with E-state index in [1.807, 2.05) is 42.2 Å². The van der Waals surface area contributed by atoms with Crippen LogP contribution in [0.15, 0.2) is 30.3 Å². The van der Waals surface area contributed by atoms with E-state index in [2.05, 4.69) is 4.74 Å². The highest BCUT2D eigenvalue weighted by Gasteiger charge is 2.32. The van der Waals surface area contributed by atoms with Gasteiger partial charge in [-0.25, -0.2) is 0 Å². The largest absolute Gasteiger partial charge is 0.469 e. The third kappa shape index (κ3) is 4.07. The van der Waals surface area contributed by atoms with Gasteiger partial charge in [0.25, 0.3) is 0 Å². The first-order valence-corrected chi connectivity index (χ1v) is 7.64. The number of amides is 1. The van der Waals surface area contributed by atoms with E-state index in [9.17, 15) is 9.59 Å². The molecule has 1 aliphatic rings. The molecule has 2 atom stereocenters. The van der Waals surface area contributed by atoms with Gasteiger partial charge in [0.15, 0.2) is 0 Å². The Morgan fingerprint density at radius 1 is 1.23 bits per heavy atom. The van der Waals surface area contributed by atoms with Crippen LogP contribution in [0.25, 0.3) is 0 Å². The lowest BCUT2D eigenvalue weighted by molar-refractivity contribution is -0.146. The number of rotatable bonds is 5. The Kier molecular flexibility index (Phi) is 5.95. The van der Waals surface area contributed by atoms with Gasteiger partial charge in [0.1, 0.15) is 0 Å². The van der Waals surface area contributed by atoms with Crippen LogP contribution in [0.5, 0.6) is 0 Å². The van der Waals surface area contributed by atoms with E-state index in [1.165, 1.54) is 7.11 Å². The molecular weight excluding hydrogens is 282 g/mol. The van der Waals surface area contributed by atoms with Crippen molar-refractivity contribution < 1.29 is 19.1 Å². The highest BCUT2D eigenvalue weighted by molar-refractivity contribution is 5.78. The maximum Gasteiger partial charge on any atom is 0.305 e. The van der Waals surface area contributed by atoms with E-state index in [-0.39, 0.29) is 30.4 Å². The van der Waals surface area contributed by atoms with E-state index in [0.29, 0.717) is 26.1 Å². The molecule has 0 bridgehead atoms.